The van der Waals surface area contributed by atoms with Gasteiger partial charge in [-0.3, -0.25) is 0 Å². The molecule has 1 aromatic carbocycles. The molecule has 0 spiro atoms. The van der Waals surface area contributed by atoms with E-state index >= 15 is 0 Å². The van der Waals surface area contributed by atoms with E-state index in [9.17, 15) is 4.39 Å². The Hall–Kier alpha value is -2.01. The molecule has 0 fully saturated rings. The van der Waals surface area contributed by atoms with Gasteiger partial charge in [-0.2, -0.15) is 0 Å². The highest BCUT2D eigenvalue weighted by Crippen LogP contribution is 2.22. The summed E-state index contributed by atoms with van der Waals surface area (Å²) in [5, 5.41) is 0. The van der Waals surface area contributed by atoms with Crippen LogP contribution in [0.5, 0.6) is 0 Å². The van der Waals surface area contributed by atoms with Crippen LogP contribution < -0.4 is 0 Å². The standard InChI is InChI=1S/C14H11FO/c1-2-3-4-13-9-10-14(16-13)11-5-7-12(15)8-6-11/h1,5-10H,3-4H2. The van der Waals surface area contributed by atoms with Crippen molar-refractivity contribution in [1.29, 1.82) is 0 Å². The van der Waals surface area contributed by atoms with E-state index in [2.05, 4.69) is 5.92 Å². The molecule has 2 heteroatoms. The first-order valence-electron chi connectivity index (χ1n) is 5.08. The van der Waals surface area contributed by atoms with Crippen LogP contribution >= 0.6 is 0 Å². The predicted molar refractivity (Wildman–Crippen MR) is 61.3 cm³/mol. The molecule has 0 radical (unpaired) electrons. The third-order valence-electron chi connectivity index (χ3n) is 2.31. The van der Waals surface area contributed by atoms with Gasteiger partial charge >= 0.3 is 0 Å². The highest BCUT2D eigenvalue weighted by atomic mass is 19.1. The Balaban J connectivity index is 2.18. The molecule has 0 aliphatic rings. The van der Waals surface area contributed by atoms with Crippen LogP contribution in [0.15, 0.2) is 40.8 Å². The van der Waals surface area contributed by atoms with Crippen molar-refractivity contribution in [3.63, 3.8) is 0 Å². The Kier molecular flexibility index (Phi) is 3.07. The highest BCUT2D eigenvalue weighted by Gasteiger charge is 2.04. The molecule has 0 aliphatic carbocycles. The fourth-order valence-electron chi connectivity index (χ4n) is 1.48. The fourth-order valence-corrected chi connectivity index (χ4v) is 1.48. The quantitative estimate of drug-likeness (QED) is 0.711. The van der Waals surface area contributed by atoms with Gasteiger partial charge in [0.25, 0.3) is 0 Å². The van der Waals surface area contributed by atoms with Crippen LogP contribution in [-0.2, 0) is 6.42 Å². The summed E-state index contributed by atoms with van der Waals surface area (Å²) < 4.78 is 18.3. The van der Waals surface area contributed by atoms with Crippen molar-refractivity contribution in [2.75, 3.05) is 0 Å². The third-order valence-corrected chi connectivity index (χ3v) is 2.31. The van der Waals surface area contributed by atoms with Gasteiger partial charge in [0.2, 0.25) is 0 Å². The van der Waals surface area contributed by atoms with Crippen LogP contribution in [0.2, 0.25) is 0 Å². The van der Waals surface area contributed by atoms with E-state index in [4.69, 9.17) is 10.8 Å². The van der Waals surface area contributed by atoms with E-state index in [0.717, 1.165) is 23.5 Å². The summed E-state index contributed by atoms with van der Waals surface area (Å²) in [4.78, 5) is 0. The van der Waals surface area contributed by atoms with Crippen molar-refractivity contribution in [2.24, 2.45) is 0 Å². The molecule has 0 aliphatic heterocycles. The van der Waals surface area contributed by atoms with Crippen molar-refractivity contribution >= 4 is 0 Å². The van der Waals surface area contributed by atoms with Gasteiger partial charge in [0.15, 0.2) is 0 Å². The van der Waals surface area contributed by atoms with Crippen molar-refractivity contribution in [3.8, 4) is 23.7 Å². The summed E-state index contributed by atoms with van der Waals surface area (Å²) in [6.07, 6.45) is 6.57. The number of terminal acetylenes is 1. The second-order valence-corrected chi connectivity index (χ2v) is 3.48. The molecule has 0 saturated heterocycles. The molecular weight excluding hydrogens is 203 g/mol. The lowest BCUT2D eigenvalue weighted by atomic mass is 10.2. The van der Waals surface area contributed by atoms with Crippen molar-refractivity contribution < 1.29 is 8.81 Å². The summed E-state index contributed by atoms with van der Waals surface area (Å²) in [5.74, 6) is 3.92. The first kappa shape index (κ1) is 10.5. The molecule has 1 aromatic heterocycles. The molecule has 1 nitrogen and oxygen atoms in total. The zero-order chi connectivity index (χ0) is 11.4. The van der Waals surface area contributed by atoms with Gasteiger partial charge in [-0.15, -0.1) is 12.3 Å². The van der Waals surface area contributed by atoms with E-state index in [1.165, 1.54) is 12.1 Å². The summed E-state index contributed by atoms with van der Waals surface area (Å²) in [6.45, 7) is 0. The minimum atomic E-state index is -0.247. The average Bonchev–Trinajstić information content (AvgIpc) is 2.76. The second-order valence-electron chi connectivity index (χ2n) is 3.48. The maximum Gasteiger partial charge on any atom is 0.134 e. The van der Waals surface area contributed by atoms with E-state index in [1.54, 1.807) is 12.1 Å². The van der Waals surface area contributed by atoms with Crippen molar-refractivity contribution in [3.05, 3.63) is 48.0 Å². The molecule has 0 N–H and O–H groups in total. The highest BCUT2D eigenvalue weighted by molar-refractivity contribution is 5.57. The van der Waals surface area contributed by atoms with E-state index in [-0.39, 0.29) is 5.82 Å². The van der Waals surface area contributed by atoms with Crippen LogP contribution in [0.4, 0.5) is 4.39 Å². The maximum absolute atomic E-state index is 12.7. The molecule has 0 atom stereocenters. The first-order valence-corrected chi connectivity index (χ1v) is 5.08. The fraction of sp³-hybridized carbons (Fsp3) is 0.143. The average molecular weight is 214 g/mol. The number of halogens is 1. The zero-order valence-corrected chi connectivity index (χ0v) is 8.74. The molecule has 0 amide bonds. The Morgan fingerprint density at radius 1 is 1.12 bits per heavy atom. The SMILES string of the molecule is C#CCCc1ccc(-c2ccc(F)cc2)o1. The zero-order valence-electron chi connectivity index (χ0n) is 8.74. The number of benzene rings is 1. The minimum absolute atomic E-state index is 0.247. The Morgan fingerprint density at radius 3 is 2.56 bits per heavy atom. The van der Waals surface area contributed by atoms with Crippen molar-refractivity contribution in [1.82, 2.24) is 0 Å². The third kappa shape index (κ3) is 2.32. The maximum atomic E-state index is 12.7. The number of hydrogen-bond acceptors (Lipinski definition) is 1. The Bertz CT molecular complexity index is 502. The van der Waals surface area contributed by atoms with E-state index in [0.29, 0.717) is 6.42 Å². The Labute approximate surface area is 93.9 Å². The number of furan rings is 1. The Morgan fingerprint density at radius 2 is 1.88 bits per heavy atom. The van der Waals surface area contributed by atoms with Crippen LogP contribution in [0, 0.1) is 18.2 Å². The number of rotatable bonds is 3. The molecular formula is C14H11FO. The molecule has 80 valence electrons. The number of aryl methyl sites for hydroxylation is 1. The van der Waals surface area contributed by atoms with Crippen LogP contribution in [0.1, 0.15) is 12.2 Å². The summed E-state index contributed by atoms with van der Waals surface area (Å²) in [5.41, 5.74) is 0.869. The molecule has 0 saturated carbocycles. The van der Waals surface area contributed by atoms with Gasteiger partial charge in [0.1, 0.15) is 17.3 Å². The predicted octanol–water partition coefficient (Wildman–Crippen LogP) is 3.65. The minimum Gasteiger partial charge on any atom is -0.461 e. The molecule has 0 unspecified atom stereocenters. The topological polar surface area (TPSA) is 13.1 Å². The van der Waals surface area contributed by atoms with E-state index in [1.807, 2.05) is 12.1 Å². The molecule has 2 aromatic rings. The van der Waals surface area contributed by atoms with Gasteiger partial charge in [-0.05, 0) is 36.4 Å². The summed E-state index contributed by atoms with van der Waals surface area (Å²) in [6, 6.07) is 9.99. The van der Waals surface area contributed by atoms with Gasteiger partial charge < -0.3 is 4.42 Å². The number of hydrogen-bond donors (Lipinski definition) is 0. The molecule has 16 heavy (non-hydrogen) atoms. The monoisotopic (exact) mass is 214 g/mol. The van der Waals surface area contributed by atoms with Gasteiger partial charge in [0, 0.05) is 18.4 Å². The van der Waals surface area contributed by atoms with E-state index < -0.39 is 0 Å². The van der Waals surface area contributed by atoms with Crippen molar-refractivity contribution in [2.45, 2.75) is 12.8 Å². The lowest BCUT2D eigenvalue weighted by Gasteiger charge is -1.96. The molecule has 1 heterocycles. The smallest absolute Gasteiger partial charge is 0.134 e. The molecule has 0 bridgehead atoms. The van der Waals surface area contributed by atoms with Crippen LogP contribution in [0.25, 0.3) is 11.3 Å². The summed E-state index contributed by atoms with van der Waals surface area (Å²) in [7, 11) is 0. The van der Waals surface area contributed by atoms with Gasteiger partial charge in [-0.25, -0.2) is 4.39 Å². The van der Waals surface area contributed by atoms with Gasteiger partial charge in [-0.1, -0.05) is 0 Å². The van der Waals surface area contributed by atoms with Crippen LogP contribution in [0.3, 0.4) is 0 Å². The van der Waals surface area contributed by atoms with Crippen LogP contribution in [-0.4, -0.2) is 0 Å². The largest absolute Gasteiger partial charge is 0.461 e. The molecule has 2 rings (SSSR count). The lowest BCUT2D eigenvalue weighted by molar-refractivity contribution is 0.524. The first-order chi connectivity index (χ1) is 7.79. The summed E-state index contributed by atoms with van der Waals surface area (Å²) >= 11 is 0. The van der Waals surface area contributed by atoms with Gasteiger partial charge in [0.05, 0.1) is 0 Å². The second kappa shape index (κ2) is 4.67. The lowest BCUT2D eigenvalue weighted by Crippen LogP contribution is -1.78. The normalized spacial score (nSPS) is 10.0.